The summed E-state index contributed by atoms with van der Waals surface area (Å²) in [5.74, 6) is 0.702. The van der Waals surface area contributed by atoms with E-state index in [1.165, 1.54) is 19.3 Å². The van der Waals surface area contributed by atoms with Crippen LogP contribution in [0.3, 0.4) is 0 Å². The number of carbonyl (C=O) groups excluding carboxylic acids is 1. The Hall–Kier alpha value is -0.870. The zero-order chi connectivity index (χ0) is 14.2. The molecule has 4 nitrogen and oxygen atoms in total. The Morgan fingerprint density at radius 3 is 2.90 bits per heavy atom. The number of hydrogen-bond donors (Lipinski definition) is 0. The van der Waals surface area contributed by atoms with Crippen LogP contribution in [0.2, 0.25) is 0 Å². The van der Waals surface area contributed by atoms with Crippen molar-refractivity contribution in [1.82, 2.24) is 0 Å². The molecule has 0 radical (unpaired) electrons. The summed E-state index contributed by atoms with van der Waals surface area (Å²) < 4.78 is 17.5. The van der Waals surface area contributed by atoms with Crippen LogP contribution in [-0.2, 0) is 19.0 Å². The van der Waals surface area contributed by atoms with Crippen molar-refractivity contribution in [1.29, 1.82) is 0 Å². The number of fused-ring (bicyclic) bond motifs is 3. The third-order valence-electron chi connectivity index (χ3n) is 5.04. The zero-order valence-electron chi connectivity index (χ0n) is 12.4. The molecule has 112 valence electrons. The van der Waals surface area contributed by atoms with Crippen LogP contribution >= 0.6 is 0 Å². The van der Waals surface area contributed by atoms with Crippen molar-refractivity contribution >= 4 is 5.97 Å². The molecule has 0 aromatic heterocycles. The molecule has 1 heterocycles. The first-order valence-electron chi connectivity index (χ1n) is 7.75. The van der Waals surface area contributed by atoms with Gasteiger partial charge in [0.1, 0.15) is 6.61 Å². The summed E-state index contributed by atoms with van der Waals surface area (Å²) in [4.78, 5) is 11.7. The number of allylic oxidation sites excluding steroid dienone is 1. The largest absolute Gasteiger partial charge is 0.460 e. The number of rotatable bonds is 3. The molecule has 20 heavy (non-hydrogen) atoms. The molecule has 0 N–H and O–H groups in total. The number of hydrogen-bond acceptors (Lipinski definition) is 4. The number of carbonyl (C=O) groups is 1. The van der Waals surface area contributed by atoms with Crippen LogP contribution in [0.25, 0.3) is 0 Å². The van der Waals surface area contributed by atoms with Crippen molar-refractivity contribution in [2.24, 2.45) is 11.8 Å². The Morgan fingerprint density at radius 1 is 1.40 bits per heavy atom. The van der Waals surface area contributed by atoms with Gasteiger partial charge >= 0.3 is 5.97 Å². The van der Waals surface area contributed by atoms with Gasteiger partial charge in [-0.1, -0.05) is 6.08 Å². The average molecular weight is 280 g/mol. The van der Waals surface area contributed by atoms with Gasteiger partial charge in [-0.3, -0.25) is 0 Å². The van der Waals surface area contributed by atoms with Gasteiger partial charge in [-0.15, -0.1) is 0 Å². The SMILES string of the molecule is C/C=C(\C)C(=O)OCC1CCOC2(CC3CCC2C3)O1. The lowest BCUT2D eigenvalue weighted by molar-refractivity contribution is -0.318. The fourth-order valence-corrected chi connectivity index (χ4v) is 3.81. The van der Waals surface area contributed by atoms with Crippen LogP contribution in [0.15, 0.2) is 11.6 Å². The molecule has 2 bridgehead atoms. The van der Waals surface area contributed by atoms with Crippen LogP contribution in [-0.4, -0.2) is 31.1 Å². The van der Waals surface area contributed by atoms with Crippen LogP contribution in [0.4, 0.5) is 0 Å². The molecule has 3 rings (SSSR count). The molecule has 1 saturated heterocycles. The highest BCUT2D eigenvalue weighted by Crippen LogP contribution is 2.54. The highest BCUT2D eigenvalue weighted by molar-refractivity contribution is 5.87. The van der Waals surface area contributed by atoms with Crippen molar-refractivity contribution in [3.05, 3.63) is 11.6 Å². The molecule has 4 atom stereocenters. The average Bonchev–Trinajstić information content (AvgIpc) is 3.04. The summed E-state index contributed by atoms with van der Waals surface area (Å²) >= 11 is 0. The quantitative estimate of drug-likeness (QED) is 0.589. The van der Waals surface area contributed by atoms with Gasteiger partial charge in [0.25, 0.3) is 0 Å². The van der Waals surface area contributed by atoms with E-state index in [-0.39, 0.29) is 17.9 Å². The second kappa shape index (κ2) is 5.49. The topological polar surface area (TPSA) is 44.8 Å². The highest BCUT2D eigenvalue weighted by atomic mass is 16.7. The molecule has 2 aliphatic carbocycles. The van der Waals surface area contributed by atoms with Crippen molar-refractivity contribution in [3.8, 4) is 0 Å². The summed E-state index contributed by atoms with van der Waals surface area (Å²) in [5, 5.41) is 0. The van der Waals surface area contributed by atoms with Gasteiger partial charge in [-0.25, -0.2) is 4.79 Å². The van der Waals surface area contributed by atoms with E-state index in [2.05, 4.69) is 0 Å². The van der Waals surface area contributed by atoms with Crippen molar-refractivity contribution in [2.75, 3.05) is 13.2 Å². The molecule has 0 aromatic carbocycles. The summed E-state index contributed by atoms with van der Waals surface area (Å²) in [5.41, 5.74) is 0.645. The predicted molar refractivity (Wildman–Crippen MR) is 74.0 cm³/mol. The summed E-state index contributed by atoms with van der Waals surface area (Å²) in [7, 11) is 0. The molecule has 1 spiro atoms. The fourth-order valence-electron chi connectivity index (χ4n) is 3.81. The van der Waals surface area contributed by atoms with Gasteiger partial charge in [0, 0.05) is 24.3 Å². The highest BCUT2D eigenvalue weighted by Gasteiger charge is 2.55. The van der Waals surface area contributed by atoms with Crippen molar-refractivity contribution < 1.29 is 19.0 Å². The Kier molecular flexibility index (Phi) is 3.87. The first-order chi connectivity index (χ1) is 9.63. The fraction of sp³-hybridized carbons (Fsp3) is 0.812. The number of esters is 1. The van der Waals surface area contributed by atoms with Crippen LogP contribution in [0, 0.1) is 11.8 Å². The Bertz CT molecular complexity index is 417. The molecule has 3 aliphatic rings. The maximum absolute atomic E-state index is 11.7. The van der Waals surface area contributed by atoms with E-state index in [1.807, 2.05) is 6.92 Å². The first kappa shape index (κ1) is 14.1. The Labute approximate surface area is 120 Å². The third kappa shape index (κ3) is 2.51. The maximum atomic E-state index is 11.7. The Balaban J connectivity index is 1.55. The van der Waals surface area contributed by atoms with E-state index in [4.69, 9.17) is 14.2 Å². The van der Waals surface area contributed by atoms with Gasteiger partial charge in [-0.2, -0.15) is 0 Å². The molecule has 0 amide bonds. The van der Waals surface area contributed by atoms with Gasteiger partial charge in [0.05, 0.1) is 12.7 Å². The second-order valence-corrected chi connectivity index (χ2v) is 6.34. The van der Waals surface area contributed by atoms with Gasteiger partial charge in [0.2, 0.25) is 0 Å². The third-order valence-corrected chi connectivity index (χ3v) is 5.04. The molecule has 4 unspecified atom stereocenters. The van der Waals surface area contributed by atoms with Crippen LogP contribution in [0.1, 0.15) is 46.0 Å². The number of ether oxygens (including phenoxy) is 3. The lowest BCUT2D eigenvalue weighted by atomic mass is 9.92. The van der Waals surface area contributed by atoms with E-state index < -0.39 is 0 Å². The molecule has 3 fully saturated rings. The first-order valence-corrected chi connectivity index (χ1v) is 7.75. The summed E-state index contributed by atoms with van der Waals surface area (Å²) in [6, 6.07) is 0. The van der Waals surface area contributed by atoms with E-state index in [9.17, 15) is 4.79 Å². The lowest BCUT2D eigenvalue weighted by Crippen LogP contribution is -2.49. The molecule has 2 saturated carbocycles. The van der Waals surface area contributed by atoms with Gasteiger partial charge < -0.3 is 14.2 Å². The van der Waals surface area contributed by atoms with Gasteiger partial charge in [0.15, 0.2) is 5.79 Å². The van der Waals surface area contributed by atoms with E-state index in [0.29, 0.717) is 24.7 Å². The van der Waals surface area contributed by atoms with Gasteiger partial charge in [-0.05, 0) is 39.0 Å². The maximum Gasteiger partial charge on any atom is 0.333 e. The zero-order valence-corrected chi connectivity index (χ0v) is 12.4. The monoisotopic (exact) mass is 280 g/mol. The van der Waals surface area contributed by atoms with E-state index in [0.717, 1.165) is 18.8 Å². The van der Waals surface area contributed by atoms with E-state index >= 15 is 0 Å². The lowest BCUT2D eigenvalue weighted by Gasteiger charge is -2.43. The normalized spacial score (nSPS) is 40.3. The van der Waals surface area contributed by atoms with Crippen LogP contribution < -0.4 is 0 Å². The predicted octanol–water partition coefficient (Wildman–Crippen LogP) is 2.82. The standard InChI is InChI=1S/C16H24O4/c1-3-11(2)15(17)18-10-14-6-7-19-16(20-14)9-12-4-5-13(16)8-12/h3,12-14H,4-10H2,1-2H3/b11-3+. The summed E-state index contributed by atoms with van der Waals surface area (Å²) in [6.07, 6.45) is 7.36. The Morgan fingerprint density at radius 2 is 2.25 bits per heavy atom. The molecular formula is C16H24O4. The molecular weight excluding hydrogens is 256 g/mol. The van der Waals surface area contributed by atoms with E-state index in [1.54, 1.807) is 13.0 Å². The molecule has 0 aromatic rings. The minimum atomic E-state index is -0.367. The molecule has 4 heteroatoms. The second-order valence-electron chi connectivity index (χ2n) is 6.34. The minimum Gasteiger partial charge on any atom is -0.460 e. The molecule has 1 aliphatic heterocycles. The summed E-state index contributed by atoms with van der Waals surface area (Å²) in [6.45, 7) is 4.66. The van der Waals surface area contributed by atoms with Crippen molar-refractivity contribution in [2.45, 2.75) is 57.8 Å². The van der Waals surface area contributed by atoms with Crippen LogP contribution in [0.5, 0.6) is 0 Å². The minimum absolute atomic E-state index is 0.0169. The smallest absolute Gasteiger partial charge is 0.333 e. The van der Waals surface area contributed by atoms with Crippen molar-refractivity contribution in [3.63, 3.8) is 0 Å².